The molecule has 0 aliphatic rings. The standard InChI is InChI=1S/C16H15ClN2O4/c1-22-14-8-4-5-11(16(14)21)9-18-19-15(20)10-23-13-7-3-2-6-12(13)17/h2-9,21H,10H2,1H3,(H,19,20)/b18-9+. The zero-order valence-electron chi connectivity index (χ0n) is 12.3. The molecule has 0 heterocycles. The number of phenolic OH excluding ortho intramolecular Hbond substituents is 1. The molecule has 0 atom stereocenters. The molecule has 6 nitrogen and oxygen atoms in total. The van der Waals surface area contributed by atoms with Gasteiger partial charge in [0, 0.05) is 5.56 Å². The van der Waals surface area contributed by atoms with E-state index in [2.05, 4.69) is 10.5 Å². The Hall–Kier alpha value is -2.73. The number of ether oxygens (including phenoxy) is 2. The van der Waals surface area contributed by atoms with Crippen LogP contribution >= 0.6 is 11.6 Å². The lowest BCUT2D eigenvalue weighted by Gasteiger charge is -2.06. The van der Waals surface area contributed by atoms with Gasteiger partial charge in [0.25, 0.3) is 5.91 Å². The lowest BCUT2D eigenvalue weighted by Crippen LogP contribution is -2.24. The Labute approximate surface area is 138 Å². The monoisotopic (exact) mass is 334 g/mol. The fourth-order valence-corrected chi connectivity index (χ4v) is 1.91. The number of rotatable bonds is 6. The van der Waals surface area contributed by atoms with Gasteiger partial charge in [0.1, 0.15) is 5.75 Å². The highest BCUT2D eigenvalue weighted by Crippen LogP contribution is 2.27. The summed E-state index contributed by atoms with van der Waals surface area (Å²) in [4.78, 5) is 11.6. The largest absolute Gasteiger partial charge is 0.504 e. The number of nitrogens with zero attached hydrogens (tertiary/aromatic N) is 1. The number of hydrazone groups is 1. The number of phenols is 1. The van der Waals surface area contributed by atoms with Gasteiger partial charge >= 0.3 is 0 Å². The first-order valence-corrected chi connectivity index (χ1v) is 7.05. The number of hydrogen-bond donors (Lipinski definition) is 2. The molecule has 23 heavy (non-hydrogen) atoms. The van der Waals surface area contributed by atoms with E-state index in [1.165, 1.54) is 13.3 Å². The maximum Gasteiger partial charge on any atom is 0.277 e. The SMILES string of the molecule is COc1cccc(/C=N/NC(=O)COc2ccccc2Cl)c1O. The Morgan fingerprint density at radius 1 is 1.26 bits per heavy atom. The van der Waals surface area contributed by atoms with E-state index < -0.39 is 5.91 Å². The van der Waals surface area contributed by atoms with Crippen molar-refractivity contribution in [3.05, 3.63) is 53.1 Å². The summed E-state index contributed by atoms with van der Waals surface area (Å²) in [6.07, 6.45) is 1.31. The molecule has 0 saturated carbocycles. The molecular weight excluding hydrogens is 320 g/mol. The second-order valence-electron chi connectivity index (χ2n) is 4.41. The zero-order chi connectivity index (χ0) is 16.7. The summed E-state index contributed by atoms with van der Waals surface area (Å²) in [5.74, 6) is 0.227. The summed E-state index contributed by atoms with van der Waals surface area (Å²) in [5.41, 5.74) is 2.71. The second-order valence-corrected chi connectivity index (χ2v) is 4.82. The Morgan fingerprint density at radius 2 is 2.00 bits per heavy atom. The topological polar surface area (TPSA) is 80.2 Å². The number of carbonyl (C=O) groups is 1. The third-order valence-corrected chi connectivity index (χ3v) is 3.15. The van der Waals surface area contributed by atoms with Gasteiger partial charge in [0.15, 0.2) is 18.1 Å². The molecule has 0 spiro atoms. The zero-order valence-corrected chi connectivity index (χ0v) is 13.1. The summed E-state index contributed by atoms with van der Waals surface area (Å²) in [6.45, 7) is -0.231. The molecule has 0 aliphatic carbocycles. The molecule has 0 unspecified atom stereocenters. The lowest BCUT2D eigenvalue weighted by molar-refractivity contribution is -0.123. The fourth-order valence-electron chi connectivity index (χ4n) is 1.72. The number of amides is 1. The normalized spacial score (nSPS) is 10.5. The van der Waals surface area contributed by atoms with E-state index in [9.17, 15) is 9.90 Å². The van der Waals surface area contributed by atoms with E-state index in [1.54, 1.807) is 42.5 Å². The lowest BCUT2D eigenvalue weighted by atomic mass is 10.2. The fraction of sp³-hybridized carbons (Fsp3) is 0.125. The van der Waals surface area contributed by atoms with Gasteiger partial charge in [-0.1, -0.05) is 29.8 Å². The number of nitrogens with one attached hydrogen (secondary N) is 1. The minimum absolute atomic E-state index is 0.0553. The number of methoxy groups -OCH3 is 1. The molecule has 0 aromatic heterocycles. The van der Waals surface area contributed by atoms with E-state index >= 15 is 0 Å². The first kappa shape index (κ1) is 16.6. The number of hydrogen-bond acceptors (Lipinski definition) is 5. The summed E-state index contributed by atoms with van der Waals surface area (Å²) < 4.78 is 10.3. The smallest absolute Gasteiger partial charge is 0.277 e. The molecule has 0 radical (unpaired) electrons. The summed E-state index contributed by atoms with van der Waals surface area (Å²) >= 11 is 5.91. The van der Waals surface area contributed by atoms with E-state index in [1.807, 2.05) is 0 Å². The van der Waals surface area contributed by atoms with Gasteiger partial charge in [-0.05, 0) is 24.3 Å². The molecule has 120 valence electrons. The molecular formula is C16H15ClN2O4. The molecule has 0 saturated heterocycles. The van der Waals surface area contributed by atoms with Crippen LogP contribution in [0.3, 0.4) is 0 Å². The predicted molar refractivity (Wildman–Crippen MR) is 87.3 cm³/mol. The first-order chi connectivity index (χ1) is 11.1. The maximum atomic E-state index is 11.6. The quantitative estimate of drug-likeness (QED) is 0.628. The van der Waals surface area contributed by atoms with Crippen LogP contribution in [0, 0.1) is 0 Å². The van der Waals surface area contributed by atoms with E-state index in [0.717, 1.165) is 0 Å². The van der Waals surface area contributed by atoms with E-state index in [4.69, 9.17) is 21.1 Å². The van der Waals surface area contributed by atoms with Gasteiger partial charge < -0.3 is 14.6 Å². The van der Waals surface area contributed by atoms with Crippen molar-refractivity contribution in [3.63, 3.8) is 0 Å². The van der Waals surface area contributed by atoms with Crippen LogP contribution in [-0.2, 0) is 4.79 Å². The Balaban J connectivity index is 1.88. The van der Waals surface area contributed by atoms with Gasteiger partial charge in [-0.3, -0.25) is 4.79 Å². The number of carbonyl (C=O) groups excluding carboxylic acids is 1. The van der Waals surface area contributed by atoms with Gasteiger partial charge in [-0.25, -0.2) is 5.43 Å². The van der Waals surface area contributed by atoms with Crippen LogP contribution in [0.2, 0.25) is 5.02 Å². The van der Waals surface area contributed by atoms with Crippen LogP contribution in [-0.4, -0.2) is 30.9 Å². The van der Waals surface area contributed by atoms with Crippen LogP contribution in [0.4, 0.5) is 0 Å². The van der Waals surface area contributed by atoms with Crippen molar-refractivity contribution >= 4 is 23.7 Å². The van der Waals surface area contributed by atoms with E-state index in [-0.39, 0.29) is 12.4 Å². The second kappa shape index (κ2) is 8.05. The number of halogens is 1. The van der Waals surface area contributed by atoms with Crippen molar-refractivity contribution in [3.8, 4) is 17.2 Å². The minimum atomic E-state index is -0.455. The van der Waals surface area contributed by atoms with E-state index in [0.29, 0.717) is 22.1 Å². The van der Waals surface area contributed by atoms with Crippen LogP contribution in [0.15, 0.2) is 47.6 Å². The Morgan fingerprint density at radius 3 is 2.74 bits per heavy atom. The van der Waals surface area contributed by atoms with Crippen molar-refractivity contribution in [2.75, 3.05) is 13.7 Å². The van der Waals surface area contributed by atoms with Crippen molar-refractivity contribution in [2.24, 2.45) is 5.10 Å². The molecule has 0 bridgehead atoms. The third kappa shape index (κ3) is 4.62. The van der Waals surface area contributed by atoms with Crippen LogP contribution in [0.5, 0.6) is 17.2 Å². The van der Waals surface area contributed by atoms with Crippen LogP contribution < -0.4 is 14.9 Å². The minimum Gasteiger partial charge on any atom is -0.504 e. The van der Waals surface area contributed by atoms with Crippen molar-refractivity contribution in [2.45, 2.75) is 0 Å². The molecule has 0 aliphatic heterocycles. The molecule has 0 fully saturated rings. The molecule has 7 heteroatoms. The maximum absolute atomic E-state index is 11.6. The van der Waals surface area contributed by atoms with Gasteiger partial charge in [-0.2, -0.15) is 5.10 Å². The molecule has 2 N–H and O–H groups in total. The van der Waals surface area contributed by atoms with Gasteiger partial charge in [0.05, 0.1) is 18.3 Å². The highest BCUT2D eigenvalue weighted by Gasteiger charge is 2.06. The highest BCUT2D eigenvalue weighted by molar-refractivity contribution is 6.32. The van der Waals surface area contributed by atoms with Crippen LogP contribution in [0.25, 0.3) is 0 Å². The summed E-state index contributed by atoms with van der Waals surface area (Å²) in [7, 11) is 1.45. The molecule has 1 amide bonds. The number of para-hydroxylation sites is 2. The molecule has 2 aromatic rings. The van der Waals surface area contributed by atoms with Crippen LogP contribution in [0.1, 0.15) is 5.56 Å². The van der Waals surface area contributed by atoms with Gasteiger partial charge in [0.2, 0.25) is 0 Å². The van der Waals surface area contributed by atoms with Crippen molar-refractivity contribution < 1.29 is 19.4 Å². The average molecular weight is 335 g/mol. The first-order valence-electron chi connectivity index (χ1n) is 6.67. The summed E-state index contributed by atoms with van der Waals surface area (Å²) in [6, 6.07) is 11.8. The number of benzene rings is 2. The predicted octanol–water partition coefficient (Wildman–Crippen LogP) is 2.58. The summed E-state index contributed by atoms with van der Waals surface area (Å²) in [5, 5.41) is 14.0. The Bertz CT molecular complexity index is 719. The third-order valence-electron chi connectivity index (χ3n) is 2.84. The number of aromatic hydroxyl groups is 1. The average Bonchev–Trinajstić information content (AvgIpc) is 2.55. The van der Waals surface area contributed by atoms with Gasteiger partial charge in [-0.15, -0.1) is 0 Å². The molecule has 2 rings (SSSR count). The highest BCUT2D eigenvalue weighted by atomic mass is 35.5. The van der Waals surface area contributed by atoms with Crippen molar-refractivity contribution in [1.29, 1.82) is 0 Å². The Kier molecular flexibility index (Phi) is 5.82. The van der Waals surface area contributed by atoms with Crippen molar-refractivity contribution in [1.82, 2.24) is 5.43 Å². The molecule has 2 aromatic carbocycles.